The molecular weight excluding hydrogens is 294 g/mol. The predicted molar refractivity (Wildman–Crippen MR) is 98.8 cm³/mol. The van der Waals surface area contributed by atoms with E-state index in [-0.39, 0.29) is 5.91 Å². The molecule has 0 bridgehead atoms. The van der Waals surface area contributed by atoms with Crippen molar-refractivity contribution >= 4 is 16.8 Å². The van der Waals surface area contributed by atoms with Gasteiger partial charge in [-0.3, -0.25) is 9.36 Å². The molecule has 1 aliphatic rings. The van der Waals surface area contributed by atoms with Crippen LogP contribution in [0.3, 0.4) is 0 Å². The van der Waals surface area contributed by atoms with Gasteiger partial charge in [0.05, 0.1) is 5.52 Å². The molecule has 2 aromatic carbocycles. The Morgan fingerprint density at radius 3 is 2.42 bits per heavy atom. The second-order valence-electron chi connectivity index (χ2n) is 7.07. The van der Waals surface area contributed by atoms with Crippen LogP contribution in [-0.4, -0.2) is 10.5 Å². The molecule has 122 valence electrons. The van der Waals surface area contributed by atoms with Gasteiger partial charge < -0.3 is 0 Å². The highest BCUT2D eigenvalue weighted by Gasteiger charge is 2.23. The van der Waals surface area contributed by atoms with Gasteiger partial charge in [0.15, 0.2) is 0 Å². The van der Waals surface area contributed by atoms with Crippen LogP contribution in [-0.2, 0) is 12.8 Å². The summed E-state index contributed by atoms with van der Waals surface area (Å²) in [5.74, 6) is 0.582. The third-order valence-electron chi connectivity index (χ3n) is 5.21. The number of aryl methyl sites for hydroxylation is 1. The fourth-order valence-corrected chi connectivity index (χ4v) is 3.87. The first-order valence-electron chi connectivity index (χ1n) is 8.92. The molecule has 0 aliphatic heterocycles. The van der Waals surface area contributed by atoms with Crippen LogP contribution < -0.4 is 0 Å². The molecule has 0 fully saturated rings. The van der Waals surface area contributed by atoms with E-state index >= 15 is 0 Å². The van der Waals surface area contributed by atoms with Gasteiger partial charge in [-0.25, -0.2) is 0 Å². The number of rotatable bonds is 2. The summed E-state index contributed by atoms with van der Waals surface area (Å²) in [6, 6.07) is 16.4. The monoisotopic (exact) mass is 317 g/mol. The van der Waals surface area contributed by atoms with Gasteiger partial charge in [0, 0.05) is 16.6 Å². The minimum Gasteiger partial charge on any atom is -0.280 e. The van der Waals surface area contributed by atoms with Crippen LogP contribution in [0.4, 0.5) is 0 Å². The zero-order chi connectivity index (χ0) is 16.7. The van der Waals surface area contributed by atoms with Crippen molar-refractivity contribution in [1.82, 2.24) is 4.57 Å². The number of para-hydroxylation sites is 1. The van der Waals surface area contributed by atoms with Crippen molar-refractivity contribution in [3.8, 4) is 0 Å². The second kappa shape index (κ2) is 5.94. The number of aromatic nitrogens is 1. The van der Waals surface area contributed by atoms with Crippen molar-refractivity contribution < 1.29 is 4.79 Å². The lowest BCUT2D eigenvalue weighted by Gasteiger charge is -2.15. The first-order chi connectivity index (χ1) is 11.7. The zero-order valence-electron chi connectivity index (χ0n) is 14.4. The van der Waals surface area contributed by atoms with Crippen LogP contribution in [0.5, 0.6) is 0 Å². The molecule has 0 atom stereocenters. The summed E-state index contributed by atoms with van der Waals surface area (Å²) in [6.45, 7) is 4.35. The van der Waals surface area contributed by atoms with Gasteiger partial charge in [0.1, 0.15) is 0 Å². The fourth-order valence-electron chi connectivity index (χ4n) is 3.87. The van der Waals surface area contributed by atoms with E-state index in [4.69, 9.17) is 0 Å². The molecular formula is C22H23NO. The first-order valence-corrected chi connectivity index (χ1v) is 8.92. The number of benzene rings is 2. The zero-order valence-corrected chi connectivity index (χ0v) is 14.4. The topological polar surface area (TPSA) is 22.0 Å². The number of fused-ring (bicyclic) bond motifs is 3. The molecule has 0 unspecified atom stereocenters. The smallest absolute Gasteiger partial charge is 0.262 e. The van der Waals surface area contributed by atoms with Crippen molar-refractivity contribution in [3.63, 3.8) is 0 Å². The third-order valence-corrected chi connectivity index (χ3v) is 5.21. The van der Waals surface area contributed by atoms with E-state index in [0.29, 0.717) is 5.92 Å². The first kappa shape index (κ1) is 15.2. The van der Waals surface area contributed by atoms with Crippen molar-refractivity contribution in [3.05, 3.63) is 70.9 Å². The van der Waals surface area contributed by atoms with Gasteiger partial charge in [-0.1, -0.05) is 44.2 Å². The summed E-state index contributed by atoms with van der Waals surface area (Å²) in [4.78, 5) is 13.2. The van der Waals surface area contributed by atoms with Gasteiger partial charge in [-0.2, -0.15) is 0 Å². The highest BCUT2D eigenvalue weighted by atomic mass is 16.2. The minimum absolute atomic E-state index is 0.102. The summed E-state index contributed by atoms with van der Waals surface area (Å²) in [5.41, 5.74) is 5.70. The van der Waals surface area contributed by atoms with Crippen molar-refractivity contribution in [2.24, 2.45) is 0 Å². The molecule has 2 heteroatoms. The maximum atomic E-state index is 13.2. The predicted octanol–water partition coefficient (Wildman–Crippen LogP) is 5.33. The Hall–Kier alpha value is -2.35. The molecule has 3 aromatic rings. The Morgan fingerprint density at radius 2 is 1.67 bits per heavy atom. The summed E-state index contributed by atoms with van der Waals surface area (Å²) in [6.07, 6.45) is 4.48. The maximum absolute atomic E-state index is 13.2. The minimum atomic E-state index is 0.102. The van der Waals surface area contributed by atoms with Crippen LogP contribution in [0.15, 0.2) is 48.5 Å². The Bertz CT molecular complexity index is 900. The van der Waals surface area contributed by atoms with Crippen molar-refractivity contribution in [2.45, 2.75) is 45.4 Å². The molecule has 4 rings (SSSR count). The van der Waals surface area contributed by atoms with E-state index < -0.39 is 0 Å². The quantitative estimate of drug-likeness (QED) is 0.626. The summed E-state index contributed by atoms with van der Waals surface area (Å²) < 4.78 is 1.97. The average molecular weight is 317 g/mol. The molecule has 0 N–H and O–H groups in total. The van der Waals surface area contributed by atoms with Crippen LogP contribution in [0, 0.1) is 0 Å². The van der Waals surface area contributed by atoms with Crippen LogP contribution in [0.2, 0.25) is 0 Å². The number of carbonyl (C=O) groups is 1. The molecule has 0 amide bonds. The van der Waals surface area contributed by atoms with E-state index in [9.17, 15) is 4.79 Å². The molecule has 1 aromatic heterocycles. The van der Waals surface area contributed by atoms with E-state index in [1.54, 1.807) is 0 Å². The van der Waals surface area contributed by atoms with Gasteiger partial charge in [0.25, 0.3) is 5.91 Å². The molecule has 1 heterocycles. The van der Waals surface area contributed by atoms with E-state index in [0.717, 1.165) is 23.9 Å². The van der Waals surface area contributed by atoms with Crippen molar-refractivity contribution in [1.29, 1.82) is 0 Å². The fraction of sp³-hybridized carbons (Fsp3) is 0.318. The lowest BCUT2D eigenvalue weighted by atomic mass is 9.95. The van der Waals surface area contributed by atoms with E-state index in [1.807, 2.05) is 22.8 Å². The Labute approximate surface area is 143 Å². The van der Waals surface area contributed by atoms with Crippen LogP contribution in [0.1, 0.15) is 59.8 Å². The highest BCUT2D eigenvalue weighted by molar-refractivity contribution is 6.04. The van der Waals surface area contributed by atoms with Crippen molar-refractivity contribution in [2.75, 3.05) is 0 Å². The highest BCUT2D eigenvalue weighted by Crippen LogP contribution is 2.32. The van der Waals surface area contributed by atoms with Gasteiger partial charge in [0.2, 0.25) is 0 Å². The van der Waals surface area contributed by atoms with Gasteiger partial charge in [-0.15, -0.1) is 0 Å². The molecule has 2 nitrogen and oxygen atoms in total. The third kappa shape index (κ3) is 2.37. The number of hydrogen-bond acceptors (Lipinski definition) is 1. The lowest BCUT2D eigenvalue weighted by Crippen LogP contribution is -2.17. The van der Waals surface area contributed by atoms with Crippen LogP contribution >= 0.6 is 0 Å². The van der Waals surface area contributed by atoms with Crippen LogP contribution in [0.25, 0.3) is 10.9 Å². The van der Waals surface area contributed by atoms with E-state index in [1.165, 1.54) is 35.0 Å². The maximum Gasteiger partial charge on any atom is 0.262 e. The molecule has 0 saturated heterocycles. The Balaban J connectivity index is 1.85. The Kier molecular flexibility index (Phi) is 3.76. The number of carbonyl (C=O) groups excluding carboxylic acids is 1. The Morgan fingerprint density at radius 1 is 0.958 bits per heavy atom. The molecule has 0 spiro atoms. The van der Waals surface area contributed by atoms with Gasteiger partial charge in [-0.05, 0) is 60.9 Å². The number of nitrogens with zero attached hydrogens (tertiary/aromatic N) is 1. The van der Waals surface area contributed by atoms with Gasteiger partial charge >= 0.3 is 0 Å². The molecule has 0 saturated carbocycles. The molecule has 1 aliphatic carbocycles. The molecule has 24 heavy (non-hydrogen) atoms. The summed E-state index contributed by atoms with van der Waals surface area (Å²) in [7, 11) is 0. The summed E-state index contributed by atoms with van der Waals surface area (Å²) >= 11 is 0. The normalized spacial score (nSPS) is 14.1. The number of hydrogen-bond donors (Lipinski definition) is 0. The lowest BCUT2D eigenvalue weighted by molar-refractivity contribution is 0.0961. The standard InChI is InChI=1S/C22H23NO/c1-15(2)16-11-13-17(14-12-16)22(24)23-20-9-5-3-7-18(20)19-8-4-6-10-21(19)23/h3,5,7,9,11-15H,4,6,8,10H2,1-2H3. The second-order valence-corrected chi connectivity index (χ2v) is 7.07. The van der Waals surface area contributed by atoms with E-state index in [2.05, 4.69) is 44.2 Å². The average Bonchev–Trinajstić information content (AvgIpc) is 2.96. The summed E-state index contributed by atoms with van der Waals surface area (Å²) in [5, 5.41) is 1.25. The molecule has 0 radical (unpaired) electrons. The largest absolute Gasteiger partial charge is 0.280 e. The SMILES string of the molecule is CC(C)c1ccc(C(=O)n2c3c(c4ccccc42)CCCC3)cc1.